The van der Waals surface area contributed by atoms with Gasteiger partial charge >= 0.3 is 6.18 Å². The molecule has 0 saturated carbocycles. The summed E-state index contributed by atoms with van der Waals surface area (Å²) >= 11 is 1.57. The van der Waals surface area contributed by atoms with Crippen LogP contribution in [-0.4, -0.2) is 37.0 Å². The molecule has 0 aromatic heterocycles. The number of nitrogens with zero attached hydrogens (tertiary/aromatic N) is 1. The van der Waals surface area contributed by atoms with E-state index in [1.54, 1.807) is 11.8 Å². The average Bonchev–Trinajstić information content (AvgIpc) is 2.16. The number of thioether (sulfide) groups is 1. The Kier molecular flexibility index (Phi) is 5.15. The SMILES string of the molecule is CN(CCSc1ccccc1)CC(F)(F)F. The van der Waals surface area contributed by atoms with E-state index in [4.69, 9.17) is 0 Å². The first-order valence-electron chi connectivity index (χ1n) is 4.90. The molecule has 90 valence electrons. The first-order chi connectivity index (χ1) is 7.47. The van der Waals surface area contributed by atoms with E-state index >= 15 is 0 Å². The summed E-state index contributed by atoms with van der Waals surface area (Å²) < 4.78 is 36.0. The highest BCUT2D eigenvalue weighted by Gasteiger charge is 2.28. The number of benzene rings is 1. The van der Waals surface area contributed by atoms with Crippen molar-refractivity contribution in [3.63, 3.8) is 0 Å². The quantitative estimate of drug-likeness (QED) is 0.737. The fraction of sp³-hybridized carbons (Fsp3) is 0.455. The first kappa shape index (κ1) is 13.4. The molecule has 0 aliphatic carbocycles. The minimum Gasteiger partial charge on any atom is -0.297 e. The molecule has 1 rings (SSSR count). The van der Waals surface area contributed by atoms with E-state index in [0.29, 0.717) is 12.3 Å². The van der Waals surface area contributed by atoms with Crippen LogP contribution in [0.1, 0.15) is 0 Å². The highest BCUT2D eigenvalue weighted by Crippen LogP contribution is 2.18. The summed E-state index contributed by atoms with van der Waals surface area (Å²) in [4.78, 5) is 2.37. The van der Waals surface area contributed by atoms with Crippen LogP contribution in [0.4, 0.5) is 13.2 Å². The zero-order chi connectivity index (χ0) is 12.0. The van der Waals surface area contributed by atoms with Gasteiger partial charge in [-0.25, -0.2) is 0 Å². The Bertz CT molecular complexity index is 300. The molecule has 0 N–H and O–H groups in total. The van der Waals surface area contributed by atoms with Crippen molar-refractivity contribution in [2.24, 2.45) is 0 Å². The van der Waals surface area contributed by atoms with Crippen molar-refractivity contribution >= 4 is 11.8 Å². The van der Waals surface area contributed by atoms with Gasteiger partial charge in [-0.2, -0.15) is 13.2 Å². The molecule has 1 nitrogen and oxygen atoms in total. The lowest BCUT2D eigenvalue weighted by Gasteiger charge is -2.17. The standard InChI is InChI=1S/C11H14F3NS/c1-15(9-11(12,13)14)7-8-16-10-5-3-2-4-6-10/h2-6H,7-9H2,1H3. The molecular formula is C11H14F3NS. The lowest BCUT2D eigenvalue weighted by Crippen LogP contribution is -2.32. The lowest BCUT2D eigenvalue weighted by atomic mass is 10.4. The highest BCUT2D eigenvalue weighted by molar-refractivity contribution is 7.99. The van der Waals surface area contributed by atoms with E-state index in [0.717, 1.165) is 4.90 Å². The smallest absolute Gasteiger partial charge is 0.297 e. The van der Waals surface area contributed by atoms with Crippen molar-refractivity contribution in [2.45, 2.75) is 11.1 Å². The number of hydrogen-bond donors (Lipinski definition) is 0. The molecule has 0 atom stereocenters. The molecule has 0 aliphatic rings. The summed E-state index contributed by atoms with van der Waals surface area (Å²) in [6.45, 7) is -0.415. The van der Waals surface area contributed by atoms with Gasteiger partial charge in [0, 0.05) is 17.2 Å². The predicted octanol–water partition coefficient (Wildman–Crippen LogP) is 3.27. The van der Waals surface area contributed by atoms with Crippen molar-refractivity contribution in [2.75, 3.05) is 25.9 Å². The fourth-order valence-corrected chi connectivity index (χ4v) is 2.21. The fourth-order valence-electron chi connectivity index (χ4n) is 1.22. The molecule has 5 heteroatoms. The van der Waals surface area contributed by atoms with E-state index in [1.807, 2.05) is 30.3 Å². The van der Waals surface area contributed by atoms with Gasteiger partial charge in [0.15, 0.2) is 0 Å². The number of rotatable bonds is 5. The van der Waals surface area contributed by atoms with Crippen molar-refractivity contribution in [1.82, 2.24) is 4.90 Å². The lowest BCUT2D eigenvalue weighted by molar-refractivity contribution is -0.142. The van der Waals surface area contributed by atoms with Gasteiger partial charge in [-0.05, 0) is 19.2 Å². The second-order valence-corrected chi connectivity index (χ2v) is 4.68. The Balaban J connectivity index is 2.21. The Labute approximate surface area is 97.6 Å². The van der Waals surface area contributed by atoms with Crippen LogP contribution in [0.2, 0.25) is 0 Å². The second-order valence-electron chi connectivity index (χ2n) is 3.51. The summed E-state index contributed by atoms with van der Waals surface area (Å²) in [5.41, 5.74) is 0. The number of hydrogen-bond acceptors (Lipinski definition) is 2. The molecule has 0 amide bonds. The van der Waals surface area contributed by atoms with E-state index in [9.17, 15) is 13.2 Å². The minimum atomic E-state index is -4.10. The van der Waals surface area contributed by atoms with Crippen LogP contribution in [0.15, 0.2) is 35.2 Å². The van der Waals surface area contributed by atoms with Crippen LogP contribution in [0.25, 0.3) is 0 Å². The van der Waals surface area contributed by atoms with E-state index in [2.05, 4.69) is 0 Å². The van der Waals surface area contributed by atoms with E-state index in [1.165, 1.54) is 11.9 Å². The van der Waals surface area contributed by atoms with Crippen LogP contribution in [0.3, 0.4) is 0 Å². The number of halogens is 3. The zero-order valence-corrected chi connectivity index (χ0v) is 9.81. The molecule has 0 radical (unpaired) electrons. The second kappa shape index (κ2) is 6.15. The maximum absolute atomic E-state index is 12.0. The minimum absolute atomic E-state index is 0.430. The summed E-state index contributed by atoms with van der Waals surface area (Å²) in [5.74, 6) is 0.663. The van der Waals surface area contributed by atoms with Gasteiger partial charge in [-0.15, -0.1) is 11.8 Å². The zero-order valence-electron chi connectivity index (χ0n) is 9.00. The van der Waals surface area contributed by atoms with Crippen LogP contribution < -0.4 is 0 Å². The Morgan fingerprint density at radius 1 is 1.19 bits per heavy atom. The van der Waals surface area contributed by atoms with Crippen molar-refractivity contribution in [1.29, 1.82) is 0 Å². The third-order valence-corrected chi connectivity index (χ3v) is 2.93. The van der Waals surface area contributed by atoms with Gasteiger partial charge in [-0.1, -0.05) is 18.2 Å². The van der Waals surface area contributed by atoms with Gasteiger partial charge in [0.05, 0.1) is 6.54 Å². The van der Waals surface area contributed by atoms with Crippen LogP contribution >= 0.6 is 11.8 Å². The van der Waals surface area contributed by atoms with Gasteiger partial charge < -0.3 is 0 Å². The van der Waals surface area contributed by atoms with Crippen molar-refractivity contribution < 1.29 is 13.2 Å². The molecule has 0 heterocycles. The van der Waals surface area contributed by atoms with Gasteiger partial charge in [-0.3, -0.25) is 4.90 Å². The molecule has 0 unspecified atom stereocenters. The third-order valence-electron chi connectivity index (χ3n) is 1.93. The largest absolute Gasteiger partial charge is 0.401 e. The molecule has 0 fully saturated rings. The molecule has 0 saturated heterocycles. The molecule has 0 aliphatic heterocycles. The maximum Gasteiger partial charge on any atom is 0.401 e. The predicted molar refractivity (Wildman–Crippen MR) is 60.7 cm³/mol. The average molecular weight is 249 g/mol. The van der Waals surface area contributed by atoms with Gasteiger partial charge in [0.2, 0.25) is 0 Å². The number of alkyl halides is 3. The first-order valence-corrected chi connectivity index (χ1v) is 5.89. The van der Waals surface area contributed by atoms with Gasteiger partial charge in [0.25, 0.3) is 0 Å². The highest BCUT2D eigenvalue weighted by atomic mass is 32.2. The summed E-state index contributed by atoms with van der Waals surface area (Å²) in [7, 11) is 1.49. The van der Waals surface area contributed by atoms with Gasteiger partial charge in [0.1, 0.15) is 0 Å². The third kappa shape index (κ3) is 6.02. The van der Waals surface area contributed by atoms with Crippen molar-refractivity contribution in [3.8, 4) is 0 Å². The van der Waals surface area contributed by atoms with E-state index in [-0.39, 0.29) is 0 Å². The molecule has 16 heavy (non-hydrogen) atoms. The van der Waals surface area contributed by atoms with Crippen LogP contribution in [0.5, 0.6) is 0 Å². The van der Waals surface area contributed by atoms with Crippen molar-refractivity contribution in [3.05, 3.63) is 30.3 Å². The molecule has 1 aromatic rings. The molecule has 0 bridgehead atoms. The molecular weight excluding hydrogens is 235 g/mol. The molecule has 1 aromatic carbocycles. The Morgan fingerprint density at radius 2 is 1.81 bits per heavy atom. The Hall–Kier alpha value is -0.680. The maximum atomic E-state index is 12.0. The monoisotopic (exact) mass is 249 g/mol. The van der Waals surface area contributed by atoms with Crippen LogP contribution in [-0.2, 0) is 0 Å². The normalized spacial score (nSPS) is 12.1. The molecule has 0 spiro atoms. The summed E-state index contributed by atoms with van der Waals surface area (Å²) in [5, 5.41) is 0. The van der Waals surface area contributed by atoms with E-state index < -0.39 is 12.7 Å². The summed E-state index contributed by atoms with van der Waals surface area (Å²) in [6, 6.07) is 9.66. The Morgan fingerprint density at radius 3 is 2.38 bits per heavy atom. The van der Waals surface area contributed by atoms with Crippen LogP contribution in [0, 0.1) is 0 Å². The topological polar surface area (TPSA) is 3.24 Å². The summed E-state index contributed by atoms with van der Waals surface area (Å²) in [6.07, 6.45) is -4.10.